The number of amides is 2. The Labute approximate surface area is 118 Å². The first kappa shape index (κ1) is 14.7. The summed E-state index contributed by atoms with van der Waals surface area (Å²) in [7, 11) is 0. The fourth-order valence-corrected chi connectivity index (χ4v) is 3.03. The zero-order valence-electron chi connectivity index (χ0n) is 11.7. The van der Waals surface area contributed by atoms with Gasteiger partial charge in [0.2, 0.25) is 0 Å². The molecule has 5 nitrogen and oxygen atoms in total. The number of imide groups is 1. The van der Waals surface area contributed by atoms with Crippen molar-refractivity contribution in [2.45, 2.75) is 38.3 Å². The largest absolute Gasteiger partial charge is 0.521 e. The van der Waals surface area contributed by atoms with Crippen LogP contribution in [-0.4, -0.2) is 40.2 Å². The van der Waals surface area contributed by atoms with E-state index < -0.39 is 16.6 Å². The second kappa shape index (κ2) is 5.73. The highest BCUT2D eigenvalue weighted by atomic mass is 16.4. The van der Waals surface area contributed by atoms with Crippen LogP contribution in [0.2, 0.25) is 0 Å². The molecule has 1 heterocycles. The molecular formula is C15H21N2O3+. The second-order valence-electron chi connectivity index (χ2n) is 5.50. The van der Waals surface area contributed by atoms with E-state index in [1.807, 2.05) is 37.3 Å². The van der Waals surface area contributed by atoms with E-state index in [1.165, 1.54) is 0 Å². The summed E-state index contributed by atoms with van der Waals surface area (Å²) in [6, 6.07) is 8.46. The summed E-state index contributed by atoms with van der Waals surface area (Å²) in [5.41, 5.74) is 6.93. The fraction of sp³-hybridized carbons (Fsp3) is 0.467. The maximum atomic E-state index is 12.6. The van der Waals surface area contributed by atoms with E-state index >= 15 is 0 Å². The summed E-state index contributed by atoms with van der Waals surface area (Å²) in [6.07, 6.45) is 0.788. The van der Waals surface area contributed by atoms with E-state index in [9.17, 15) is 14.7 Å². The average Bonchev–Trinajstić information content (AvgIpc) is 2.82. The Kier molecular flexibility index (Phi) is 4.20. The van der Waals surface area contributed by atoms with Crippen LogP contribution in [0.25, 0.3) is 0 Å². The predicted molar refractivity (Wildman–Crippen MR) is 75.0 cm³/mol. The molecular weight excluding hydrogens is 256 g/mol. The molecule has 0 bridgehead atoms. The Morgan fingerprint density at radius 3 is 2.55 bits per heavy atom. The van der Waals surface area contributed by atoms with E-state index in [0.717, 1.165) is 18.4 Å². The minimum Gasteiger partial charge on any atom is -0.435 e. The first-order valence-corrected chi connectivity index (χ1v) is 6.93. The lowest BCUT2D eigenvalue weighted by Crippen LogP contribution is -2.63. The van der Waals surface area contributed by atoms with Crippen LogP contribution in [0.3, 0.4) is 0 Å². The lowest BCUT2D eigenvalue weighted by molar-refractivity contribution is -0.792. The molecule has 0 spiro atoms. The number of carboxylic acid groups (broad SMARTS) is 1. The molecule has 3 atom stereocenters. The van der Waals surface area contributed by atoms with Gasteiger partial charge < -0.3 is 10.8 Å². The molecule has 2 rings (SSSR count). The van der Waals surface area contributed by atoms with Crippen LogP contribution >= 0.6 is 0 Å². The van der Waals surface area contributed by atoms with Crippen LogP contribution < -0.4 is 5.73 Å². The SMILES string of the molecule is C[C@@H]1CCC[N+]1(C(=O)O)C(=O)[C@@H](N)Cc1ccccc1. The molecule has 3 N–H and O–H groups in total. The van der Waals surface area contributed by atoms with Gasteiger partial charge in [-0.1, -0.05) is 30.3 Å². The summed E-state index contributed by atoms with van der Waals surface area (Å²) in [5, 5.41) is 9.52. The molecule has 108 valence electrons. The molecule has 1 aromatic carbocycles. The van der Waals surface area contributed by atoms with Gasteiger partial charge in [0.15, 0.2) is 0 Å². The molecule has 0 radical (unpaired) electrons. The summed E-state index contributed by atoms with van der Waals surface area (Å²) in [5.74, 6) is -0.383. The van der Waals surface area contributed by atoms with Gasteiger partial charge in [0.05, 0.1) is 6.54 Å². The Hall–Kier alpha value is -1.72. The molecule has 1 fully saturated rings. The third-order valence-corrected chi connectivity index (χ3v) is 4.24. The molecule has 1 aliphatic heterocycles. The van der Waals surface area contributed by atoms with E-state index in [1.54, 1.807) is 0 Å². The van der Waals surface area contributed by atoms with Gasteiger partial charge in [-0.05, 0) is 12.5 Å². The van der Waals surface area contributed by atoms with Crippen molar-refractivity contribution in [1.29, 1.82) is 0 Å². The lowest BCUT2D eigenvalue weighted by Gasteiger charge is -2.31. The summed E-state index contributed by atoms with van der Waals surface area (Å²) in [6.45, 7) is 2.16. The normalized spacial score (nSPS) is 27.2. The Morgan fingerprint density at radius 2 is 2.05 bits per heavy atom. The molecule has 0 saturated carbocycles. The van der Waals surface area contributed by atoms with E-state index in [-0.39, 0.29) is 11.9 Å². The quantitative estimate of drug-likeness (QED) is 0.825. The number of hydrogen-bond donors (Lipinski definition) is 2. The zero-order chi connectivity index (χ0) is 14.8. The van der Waals surface area contributed by atoms with Gasteiger partial charge in [-0.2, -0.15) is 9.28 Å². The maximum absolute atomic E-state index is 12.6. The van der Waals surface area contributed by atoms with Crippen LogP contribution in [0.5, 0.6) is 0 Å². The number of benzene rings is 1. The zero-order valence-corrected chi connectivity index (χ0v) is 11.7. The highest BCUT2D eigenvalue weighted by molar-refractivity contribution is 5.84. The highest BCUT2D eigenvalue weighted by Gasteiger charge is 2.54. The maximum Gasteiger partial charge on any atom is 0.521 e. The number of quaternary nitrogens is 1. The number of hydrogen-bond acceptors (Lipinski definition) is 3. The summed E-state index contributed by atoms with van der Waals surface area (Å²) >= 11 is 0. The number of carbonyl (C=O) groups is 2. The van der Waals surface area contributed by atoms with Crippen molar-refractivity contribution in [2.24, 2.45) is 5.73 Å². The van der Waals surface area contributed by atoms with Crippen molar-refractivity contribution in [3.8, 4) is 0 Å². The number of carbonyl (C=O) groups excluding carboxylic acids is 1. The average molecular weight is 277 g/mol. The smallest absolute Gasteiger partial charge is 0.435 e. The van der Waals surface area contributed by atoms with Gasteiger partial charge in [-0.25, -0.2) is 4.79 Å². The number of nitrogens with zero attached hydrogens (tertiary/aromatic N) is 1. The first-order chi connectivity index (χ1) is 9.48. The topological polar surface area (TPSA) is 80.4 Å². The standard InChI is InChI=1S/C15H20N2O3/c1-11-6-5-9-17(11,15(19)20)14(18)13(16)10-12-7-3-2-4-8-12/h2-4,7-8,11,13H,5-6,9-10,16H2,1H3/p+1/t11-,13+,17?/m1/s1. The fourth-order valence-electron chi connectivity index (χ4n) is 3.03. The lowest BCUT2D eigenvalue weighted by atomic mass is 10.0. The van der Waals surface area contributed by atoms with Gasteiger partial charge in [-0.3, -0.25) is 0 Å². The van der Waals surface area contributed by atoms with E-state index in [0.29, 0.717) is 13.0 Å². The van der Waals surface area contributed by atoms with E-state index in [2.05, 4.69) is 0 Å². The van der Waals surface area contributed by atoms with Gasteiger partial charge in [-0.15, -0.1) is 0 Å². The first-order valence-electron chi connectivity index (χ1n) is 6.93. The Bertz CT molecular complexity index is 503. The van der Waals surface area contributed by atoms with Crippen molar-refractivity contribution in [3.63, 3.8) is 0 Å². The summed E-state index contributed by atoms with van der Waals surface area (Å²) < 4.78 is -0.520. The highest BCUT2D eigenvalue weighted by Crippen LogP contribution is 2.29. The van der Waals surface area contributed by atoms with E-state index in [4.69, 9.17) is 5.73 Å². The van der Waals surface area contributed by atoms with Crippen LogP contribution in [0.4, 0.5) is 4.79 Å². The molecule has 0 aromatic heterocycles. The van der Waals surface area contributed by atoms with Gasteiger partial charge in [0.25, 0.3) is 0 Å². The van der Waals surface area contributed by atoms with Gasteiger partial charge in [0.1, 0.15) is 12.1 Å². The molecule has 1 saturated heterocycles. The monoisotopic (exact) mass is 277 g/mol. The Morgan fingerprint density at radius 1 is 1.40 bits per heavy atom. The van der Waals surface area contributed by atoms with Gasteiger partial charge >= 0.3 is 12.0 Å². The molecule has 20 heavy (non-hydrogen) atoms. The van der Waals surface area contributed by atoms with Crippen molar-refractivity contribution in [1.82, 2.24) is 0 Å². The summed E-state index contributed by atoms with van der Waals surface area (Å²) in [4.78, 5) is 24.2. The third-order valence-electron chi connectivity index (χ3n) is 4.24. The number of likely N-dealkylation sites (tertiary alicyclic amines) is 1. The van der Waals surface area contributed by atoms with Crippen LogP contribution in [0.1, 0.15) is 25.3 Å². The molecule has 2 amide bonds. The second-order valence-corrected chi connectivity index (χ2v) is 5.50. The molecule has 1 unspecified atom stereocenters. The predicted octanol–water partition coefficient (Wildman–Crippen LogP) is 1.76. The van der Waals surface area contributed by atoms with Crippen molar-refractivity contribution < 1.29 is 19.2 Å². The third kappa shape index (κ3) is 2.46. The number of nitrogens with two attached hydrogens (primary N) is 1. The van der Waals surface area contributed by atoms with Crippen molar-refractivity contribution in [2.75, 3.05) is 6.54 Å². The minimum absolute atomic E-state index is 0.207. The number of rotatable bonds is 3. The Balaban J connectivity index is 2.18. The molecule has 0 aliphatic carbocycles. The van der Waals surface area contributed by atoms with Crippen LogP contribution in [0.15, 0.2) is 30.3 Å². The minimum atomic E-state index is -1.08. The van der Waals surface area contributed by atoms with Crippen LogP contribution in [-0.2, 0) is 11.2 Å². The van der Waals surface area contributed by atoms with Crippen molar-refractivity contribution >= 4 is 12.0 Å². The molecule has 5 heteroatoms. The van der Waals surface area contributed by atoms with Gasteiger partial charge in [0, 0.05) is 19.3 Å². The van der Waals surface area contributed by atoms with Crippen molar-refractivity contribution in [3.05, 3.63) is 35.9 Å². The molecule has 1 aromatic rings. The van der Waals surface area contributed by atoms with Crippen LogP contribution in [0, 0.1) is 0 Å². The molecule has 1 aliphatic rings.